The molecule has 0 atom stereocenters. The van der Waals surface area contributed by atoms with E-state index in [4.69, 9.17) is 9.47 Å². The Hall–Kier alpha value is -4.55. The van der Waals surface area contributed by atoms with E-state index in [9.17, 15) is 5.26 Å². The molecule has 0 radical (unpaired) electrons. The molecule has 0 aliphatic rings. The minimum atomic E-state index is 0.667. The first-order valence-corrected chi connectivity index (χ1v) is 11.1. The third kappa shape index (κ3) is 3.04. The molecule has 6 aromatic rings. The van der Waals surface area contributed by atoms with Gasteiger partial charge >= 0.3 is 0 Å². The molecule has 0 amide bonds. The Kier molecular flexibility index (Phi) is 4.60. The molecule has 0 aromatic heterocycles. The highest BCUT2D eigenvalue weighted by atomic mass is 16.5. The summed E-state index contributed by atoms with van der Waals surface area (Å²) in [6, 6.07) is 33.6. The Labute approximate surface area is 197 Å². The van der Waals surface area contributed by atoms with Gasteiger partial charge in [-0.1, -0.05) is 60.7 Å². The molecule has 0 saturated carbocycles. The van der Waals surface area contributed by atoms with Crippen LogP contribution in [-0.2, 0) is 0 Å². The summed E-state index contributed by atoms with van der Waals surface area (Å²) in [6.45, 7) is 0. The van der Waals surface area contributed by atoms with E-state index in [1.165, 1.54) is 37.9 Å². The highest BCUT2D eigenvalue weighted by molar-refractivity contribution is 6.27. The number of methoxy groups -OCH3 is 2. The Morgan fingerprint density at radius 3 is 1.56 bits per heavy atom. The fourth-order valence-electron chi connectivity index (χ4n) is 4.99. The quantitative estimate of drug-likeness (QED) is 0.263. The third-order valence-corrected chi connectivity index (χ3v) is 6.65. The van der Waals surface area contributed by atoms with Crippen molar-refractivity contribution in [3.05, 3.63) is 96.6 Å². The number of nitrogens with zero attached hydrogens (tertiary/aromatic N) is 1. The zero-order valence-corrected chi connectivity index (χ0v) is 18.9. The monoisotopic (exact) mass is 439 g/mol. The maximum absolute atomic E-state index is 9.18. The van der Waals surface area contributed by atoms with E-state index < -0.39 is 0 Å². The average molecular weight is 440 g/mol. The molecular formula is C31H21NO2. The standard InChI is InChI=1S/C31H21NO2/c1-33-24-15-23(16-25(17-24)34-2)27-12-8-22-9-13-28-26(20-5-3-19(18-32)4-6-20)11-7-21-10-14-29(27)31(22)30(21)28/h3-17H,1-2H3. The van der Waals surface area contributed by atoms with Gasteiger partial charge in [0.05, 0.1) is 25.9 Å². The molecule has 34 heavy (non-hydrogen) atoms. The predicted molar refractivity (Wildman–Crippen MR) is 139 cm³/mol. The average Bonchev–Trinajstić information content (AvgIpc) is 2.91. The summed E-state index contributed by atoms with van der Waals surface area (Å²) in [7, 11) is 3.35. The normalized spacial score (nSPS) is 11.2. The fourth-order valence-corrected chi connectivity index (χ4v) is 4.99. The molecule has 3 heteroatoms. The van der Waals surface area contributed by atoms with Gasteiger partial charge < -0.3 is 9.47 Å². The number of rotatable bonds is 4. The van der Waals surface area contributed by atoms with Gasteiger partial charge in [0.2, 0.25) is 0 Å². The molecule has 0 bridgehead atoms. The van der Waals surface area contributed by atoms with E-state index in [1.807, 2.05) is 30.3 Å². The summed E-state index contributed by atoms with van der Waals surface area (Å²) in [4.78, 5) is 0. The summed E-state index contributed by atoms with van der Waals surface area (Å²) in [5.74, 6) is 1.53. The van der Waals surface area contributed by atoms with E-state index in [-0.39, 0.29) is 0 Å². The molecule has 162 valence electrons. The second kappa shape index (κ2) is 7.79. The summed E-state index contributed by atoms with van der Waals surface area (Å²) in [5, 5.41) is 16.5. The van der Waals surface area contributed by atoms with Gasteiger partial charge in [-0.05, 0) is 78.8 Å². The van der Waals surface area contributed by atoms with Crippen LogP contribution in [0.25, 0.3) is 54.6 Å². The summed E-state index contributed by atoms with van der Waals surface area (Å²) < 4.78 is 11.1. The summed E-state index contributed by atoms with van der Waals surface area (Å²) >= 11 is 0. The molecule has 0 N–H and O–H groups in total. The largest absolute Gasteiger partial charge is 0.497 e. The predicted octanol–water partition coefficient (Wildman–Crippen LogP) is 7.81. The van der Waals surface area contributed by atoms with Crippen LogP contribution in [-0.4, -0.2) is 14.2 Å². The SMILES string of the molecule is COc1cc(OC)cc(-c2ccc3ccc4c(-c5ccc(C#N)cc5)ccc5ccc2c3c54)c1. The molecule has 0 aliphatic carbocycles. The van der Waals surface area contributed by atoms with E-state index in [1.54, 1.807) is 14.2 Å². The van der Waals surface area contributed by atoms with Gasteiger partial charge in [-0.3, -0.25) is 0 Å². The lowest BCUT2D eigenvalue weighted by atomic mass is 9.87. The van der Waals surface area contributed by atoms with Crippen molar-refractivity contribution in [2.24, 2.45) is 0 Å². The van der Waals surface area contributed by atoms with Gasteiger partial charge in [0, 0.05) is 6.07 Å². The Balaban J connectivity index is 1.66. The number of hydrogen-bond acceptors (Lipinski definition) is 3. The van der Waals surface area contributed by atoms with Crippen LogP contribution in [0.3, 0.4) is 0 Å². The second-order valence-electron chi connectivity index (χ2n) is 8.44. The molecule has 3 nitrogen and oxygen atoms in total. The lowest BCUT2D eigenvalue weighted by Crippen LogP contribution is -1.91. The van der Waals surface area contributed by atoms with E-state index >= 15 is 0 Å². The van der Waals surface area contributed by atoms with Crippen LogP contribution in [0.2, 0.25) is 0 Å². The third-order valence-electron chi connectivity index (χ3n) is 6.65. The van der Waals surface area contributed by atoms with Crippen LogP contribution >= 0.6 is 0 Å². The Bertz CT molecular complexity index is 1700. The van der Waals surface area contributed by atoms with Crippen LogP contribution in [0, 0.1) is 11.3 Å². The molecular weight excluding hydrogens is 418 g/mol. The van der Waals surface area contributed by atoms with Crippen molar-refractivity contribution >= 4 is 32.3 Å². The van der Waals surface area contributed by atoms with Crippen LogP contribution in [0.5, 0.6) is 11.5 Å². The van der Waals surface area contributed by atoms with Gasteiger partial charge in [0.1, 0.15) is 11.5 Å². The van der Waals surface area contributed by atoms with Crippen molar-refractivity contribution in [3.63, 3.8) is 0 Å². The Morgan fingerprint density at radius 2 is 1.06 bits per heavy atom. The molecule has 0 spiro atoms. The lowest BCUT2D eigenvalue weighted by molar-refractivity contribution is 0.394. The summed E-state index contributed by atoms with van der Waals surface area (Å²) in [6.07, 6.45) is 0. The topological polar surface area (TPSA) is 42.2 Å². The minimum Gasteiger partial charge on any atom is -0.497 e. The number of nitriles is 1. The number of benzene rings is 6. The van der Waals surface area contributed by atoms with Gasteiger partial charge in [-0.2, -0.15) is 5.26 Å². The van der Waals surface area contributed by atoms with Crippen molar-refractivity contribution < 1.29 is 9.47 Å². The second-order valence-corrected chi connectivity index (χ2v) is 8.44. The van der Waals surface area contributed by atoms with Crippen LogP contribution in [0.1, 0.15) is 5.56 Å². The van der Waals surface area contributed by atoms with Gasteiger partial charge in [0.15, 0.2) is 0 Å². The lowest BCUT2D eigenvalue weighted by Gasteiger charge is -2.17. The van der Waals surface area contributed by atoms with Crippen LogP contribution in [0.4, 0.5) is 0 Å². The molecule has 0 aliphatic heterocycles. The molecule has 0 saturated heterocycles. The number of ether oxygens (including phenoxy) is 2. The first-order valence-electron chi connectivity index (χ1n) is 11.1. The van der Waals surface area contributed by atoms with Crippen molar-refractivity contribution in [2.45, 2.75) is 0 Å². The van der Waals surface area contributed by atoms with Crippen molar-refractivity contribution in [1.82, 2.24) is 0 Å². The Morgan fingerprint density at radius 1 is 0.559 bits per heavy atom. The zero-order chi connectivity index (χ0) is 23.2. The highest BCUT2D eigenvalue weighted by Gasteiger charge is 2.15. The summed E-state index contributed by atoms with van der Waals surface area (Å²) in [5.41, 5.74) is 5.14. The maximum atomic E-state index is 9.18. The molecule has 0 heterocycles. The van der Waals surface area contributed by atoms with Gasteiger partial charge in [0.25, 0.3) is 0 Å². The van der Waals surface area contributed by atoms with E-state index in [0.717, 1.165) is 28.2 Å². The molecule has 6 rings (SSSR count). The van der Waals surface area contributed by atoms with Crippen molar-refractivity contribution in [1.29, 1.82) is 5.26 Å². The van der Waals surface area contributed by atoms with E-state index in [0.29, 0.717) is 5.56 Å². The fraction of sp³-hybridized carbons (Fsp3) is 0.0645. The van der Waals surface area contributed by atoms with Crippen LogP contribution < -0.4 is 9.47 Å². The molecule has 0 fully saturated rings. The van der Waals surface area contributed by atoms with Gasteiger partial charge in [-0.25, -0.2) is 0 Å². The molecule has 0 unspecified atom stereocenters. The smallest absolute Gasteiger partial charge is 0.123 e. The number of hydrogen-bond donors (Lipinski definition) is 0. The zero-order valence-electron chi connectivity index (χ0n) is 18.9. The van der Waals surface area contributed by atoms with Gasteiger partial charge in [-0.15, -0.1) is 0 Å². The van der Waals surface area contributed by atoms with E-state index in [2.05, 4.69) is 66.7 Å². The molecule has 6 aromatic carbocycles. The highest BCUT2D eigenvalue weighted by Crippen LogP contribution is 2.43. The first kappa shape index (κ1) is 20.1. The van der Waals surface area contributed by atoms with Crippen LogP contribution in [0.15, 0.2) is 91.0 Å². The van der Waals surface area contributed by atoms with Crippen molar-refractivity contribution in [3.8, 4) is 39.8 Å². The minimum absolute atomic E-state index is 0.667. The maximum Gasteiger partial charge on any atom is 0.123 e. The van der Waals surface area contributed by atoms with Crippen molar-refractivity contribution in [2.75, 3.05) is 14.2 Å². The first-order chi connectivity index (χ1) is 16.7.